The summed E-state index contributed by atoms with van der Waals surface area (Å²) in [6.45, 7) is 0.381. The first-order valence-corrected chi connectivity index (χ1v) is 7.58. The summed E-state index contributed by atoms with van der Waals surface area (Å²) >= 11 is 16.9. The molecule has 1 aromatic heterocycles. The Balaban J connectivity index is 2.20. The first kappa shape index (κ1) is 14.2. The Morgan fingerprint density at radius 1 is 1.33 bits per heavy atom. The fourth-order valence-electron chi connectivity index (χ4n) is 1.44. The van der Waals surface area contributed by atoms with Crippen LogP contribution in [-0.4, -0.2) is 6.54 Å². The zero-order valence-corrected chi connectivity index (χ0v) is 13.1. The molecule has 0 bridgehead atoms. The molecule has 2 nitrogen and oxygen atoms in total. The zero-order chi connectivity index (χ0) is 13.1. The molecule has 0 spiro atoms. The maximum Gasteiger partial charge on any atom is 0.145 e. The van der Waals surface area contributed by atoms with Gasteiger partial charge in [0.2, 0.25) is 0 Å². The van der Waals surface area contributed by atoms with Gasteiger partial charge in [-0.3, -0.25) is 0 Å². The van der Waals surface area contributed by atoms with Gasteiger partial charge in [0.15, 0.2) is 0 Å². The number of thiophene rings is 1. The average molecular weight is 367 g/mol. The fourth-order valence-corrected chi connectivity index (χ4v) is 3.38. The number of benzene rings is 1. The molecular weight excluding hydrogens is 357 g/mol. The van der Waals surface area contributed by atoms with Gasteiger partial charge in [0.25, 0.3) is 0 Å². The predicted molar refractivity (Wildman–Crippen MR) is 80.9 cm³/mol. The Bertz CT molecular complexity index is 547. The van der Waals surface area contributed by atoms with E-state index < -0.39 is 0 Å². The molecule has 0 aliphatic carbocycles. The highest BCUT2D eigenvalue weighted by atomic mass is 79.9. The van der Waals surface area contributed by atoms with Gasteiger partial charge < -0.3 is 10.5 Å². The molecule has 0 saturated heterocycles. The molecule has 6 heteroatoms. The molecule has 1 atom stereocenters. The molecule has 1 heterocycles. The molecule has 0 aliphatic rings. The highest BCUT2D eigenvalue weighted by Gasteiger charge is 2.15. The van der Waals surface area contributed by atoms with E-state index >= 15 is 0 Å². The van der Waals surface area contributed by atoms with Crippen molar-refractivity contribution in [2.24, 2.45) is 5.73 Å². The SMILES string of the molecule is NCC(Oc1ccc(Cl)cc1Cl)c1cc(Br)cs1. The summed E-state index contributed by atoms with van der Waals surface area (Å²) in [5.41, 5.74) is 5.74. The van der Waals surface area contributed by atoms with Gasteiger partial charge in [-0.05, 0) is 40.2 Å². The highest BCUT2D eigenvalue weighted by molar-refractivity contribution is 9.10. The largest absolute Gasteiger partial charge is 0.482 e. The molecule has 18 heavy (non-hydrogen) atoms. The van der Waals surface area contributed by atoms with Crippen molar-refractivity contribution < 1.29 is 4.74 Å². The van der Waals surface area contributed by atoms with Gasteiger partial charge in [0.1, 0.15) is 11.9 Å². The summed E-state index contributed by atoms with van der Waals surface area (Å²) in [7, 11) is 0. The Hall–Kier alpha value is -0.260. The van der Waals surface area contributed by atoms with Crippen LogP contribution in [0, 0.1) is 0 Å². The smallest absolute Gasteiger partial charge is 0.145 e. The van der Waals surface area contributed by atoms with Gasteiger partial charge in [0, 0.05) is 26.3 Å². The minimum Gasteiger partial charge on any atom is -0.482 e. The zero-order valence-electron chi connectivity index (χ0n) is 9.20. The summed E-state index contributed by atoms with van der Waals surface area (Å²) in [5.74, 6) is 0.584. The van der Waals surface area contributed by atoms with E-state index in [1.165, 1.54) is 0 Å². The van der Waals surface area contributed by atoms with Crippen molar-refractivity contribution in [2.75, 3.05) is 6.54 Å². The molecule has 1 unspecified atom stereocenters. The van der Waals surface area contributed by atoms with E-state index in [-0.39, 0.29) is 6.10 Å². The van der Waals surface area contributed by atoms with Gasteiger partial charge >= 0.3 is 0 Å². The summed E-state index contributed by atoms with van der Waals surface area (Å²) < 4.78 is 6.84. The second kappa shape index (κ2) is 6.26. The number of nitrogens with two attached hydrogens (primary N) is 1. The Morgan fingerprint density at radius 2 is 2.11 bits per heavy atom. The van der Waals surface area contributed by atoms with Crippen LogP contribution in [0.1, 0.15) is 11.0 Å². The average Bonchev–Trinajstić information content (AvgIpc) is 2.75. The second-order valence-electron chi connectivity index (χ2n) is 3.58. The standard InChI is InChI=1S/C12H10BrCl2NOS/c13-7-3-12(18-6-7)11(5-16)17-10-2-1-8(14)4-9(10)15/h1-4,6,11H,5,16H2. The molecule has 2 aromatic rings. The van der Waals surface area contributed by atoms with Crippen molar-refractivity contribution in [3.8, 4) is 5.75 Å². The minimum atomic E-state index is -0.208. The summed E-state index contributed by atoms with van der Waals surface area (Å²) in [6, 6.07) is 7.12. The van der Waals surface area contributed by atoms with Crippen LogP contribution in [0.5, 0.6) is 5.75 Å². The van der Waals surface area contributed by atoms with Crippen LogP contribution in [0.4, 0.5) is 0 Å². The Kier molecular flexibility index (Phi) is 4.92. The molecule has 0 radical (unpaired) electrons. The van der Waals surface area contributed by atoms with E-state index in [0.717, 1.165) is 9.35 Å². The molecule has 0 aliphatic heterocycles. The topological polar surface area (TPSA) is 35.2 Å². The van der Waals surface area contributed by atoms with Crippen molar-refractivity contribution in [3.05, 3.63) is 49.0 Å². The minimum absolute atomic E-state index is 0.208. The van der Waals surface area contributed by atoms with E-state index in [2.05, 4.69) is 15.9 Å². The first-order valence-electron chi connectivity index (χ1n) is 5.16. The number of rotatable bonds is 4. The normalized spacial score (nSPS) is 12.4. The molecule has 2 rings (SSSR count). The summed E-state index contributed by atoms with van der Waals surface area (Å²) in [6.07, 6.45) is -0.208. The Morgan fingerprint density at radius 3 is 2.67 bits per heavy atom. The van der Waals surface area contributed by atoms with Gasteiger partial charge in [-0.2, -0.15) is 0 Å². The third-order valence-electron chi connectivity index (χ3n) is 2.28. The van der Waals surface area contributed by atoms with Crippen molar-refractivity contribution in [1.29, 1.82) is 0 Å². The lowest BCUT2D eigenvalue weighted by Gasteiger charge is -2.17. The van der Waals surface area contributed by atoms with E-state index in [4.69, 9.17) is 33.7 Å². The molecule has 0 amide bonds. The monoisotopic (exact) mass is 365 g/mol. The number of halogens is 3. The maximum atomic E-state index is 6.07. The number of hydrogen-bond donors (Lipinski definition) is 1. The van der Waals surface area contributed by atoms with Gasteiger partial charge in [-0.15, -0.1) is 11.3 Å². The van der Waals surface area contributed by atoms with Crippen molar-refractivity contribution in [2.45, 2.75) is 6.10 Å². The van der Waals surface area contributed by atoms with Crippen LogP contribution >= 0.6 is 50.5 Å². The van der Waals surface area contributed by atoms with E-state index in [1.54, 1.807) is 29.5 Å². The van der Waals surface area contributed by atoms with Crippen LogP contribution in [0.3, 0.4) is 0 Å². The lowest BCUT2D eigenvalue weighted by Crippen LogP contribution is -2.17. The summed E-state index contributed by atoms with van der Waals surface area (Å²) in [5, 5.41) is 3.05. The highest BCUT2D eigenvalue weighted by Crippen LogP contribution is 2.33. The fraction of sp³-hybridized carbons (Fsp3) is 0.167. The molecule has 0 saturated carbocycles. The van der Waals surface area contributed by atoms with Crippen LogP contribution in [0.25, 0.3) is 0 Å². The maximum absolute atomic E-state index is 6.07. The molecule has 96 valence electrons. The summed E-state index contributed by atoms with van der Waals surface area (Å²) in [4.78, 5) is 1.05. The van der Waals surface area contributed by atoms with Crippen molar-refractivity contribution in [1.82, 2.24) is 0 Å². The van der Waals surface area contributed by atoms with Crippen LogP contribution in [-0.2, 0) is 0 Å². The molecule has 0 fully saturated rings. The lowest BCUT2D eigenvalue weighted by atomic mass is 10.3. The van der Waals surface area contributed by atoms with Gasteiger partial charge in [-0.25, -0.2) is 0 Å². The molecule has 1 aromatic carbocycles. The predicted octanol–water partition coefficient (Wildman–Crippen LogP) is 4.90. The lowest BCUT2D eigenvalue weighted by molar-refractivity contribution is 0.218. The van der Waals surface area contributed by atoms with Crippen LogP contribution in [0.15, 0.2) is 34.1 Å². The third-order valence-corrected chi connectivity index (χ3v) is 4.60. The van der Waals surface area contributed by atoms with Crippen molar-refractivity contribution in [3.63, 3.8) is 0 Å². The molecular formula is C12H10BrCl2NOS. The van der Waals surface area contributed by atoms with Crippen LogP contribution in [0.2, 0.25) is 10.0 Å². The van der Waals surface area contributed by atoms with E-state index in [1.807, 2.05) is 11.4 Å². The van der Waals surface area contributed by atoms with Crippen LogP contribution < -0.4 is 10.5 Å². The first-order chi connectivity index (χ1) is 8.60. The van der Waals surface area contributed by atoms with Crippen molar-refractivity contribution >= 4 is 50.5 Å². The number of ether oxygens (including phenoxy) is 1. The Labute approximate surface area is 128 Å². The quantitative estimate of drug-likeness (QED) is 0.835. The van der Waals surface area contributed by atoms with Gasteiger partial charge in [-0.1, -0.05) is 23.2 Å². The van der Waals surface area contributed by atoms with E-state index in [0.29, 0.717) is 22.3 Å². The van der Waals surface area contributed by atoms with Gasteiger partial charge in [0.05, 0.1) is 5.02 Å². The third kappa shape index (κ3) is 3.39. The number of hydrogen-bond acceptors (Lipinski definition) is 3. The molecule has 2 N–H and O–H groups in total. The second-order valence-corrected chi connectivity index (χ2v) is 6.29. The van der Waals surface area contributed by atoms with E-state index in [9.17, 15) is 0 Å².